The van der Waals surface area contributed by atoms with Gasteiger partial charge in [0.15, 0.2) is 0 Å². The van der Waals surface area contributed by atoms with Gasteiger partial charge in [-0.3, -0.25) is 9.59 Å². The molecule has 23 heavy (non-hydrogen) atoms. The van der Waals surface area contributed by atoms with Crippen LogP contribution >= 0.6 is 11.6 Å². The quantitative estimate of drug-likeness (QED) is 0.823. The molecule has 1 aromatic rings. The van der Waals surface area contributed by atoms with E-state index in [0.29, 0.717) is 25.7 Å². The van der Waals surface area contributed by atoms with Gasteiger partial charge < -0.3 is 15.2 Å². The molecule has 0 unspecified atom stereocenters. The number of aliphatic hydroxyl groups is 1. The molecular weight excluding hydrogens is 325 g/mol. The predicted octanol–water partition coefficient (Wildman–Crippen LogP) is 2.30. The van der Waals surface area contributed by atoms with Gasteiger partial charge in [-0.05, 0) is 37.8 Å². The Morgan fingerprint density at radius 1 is 1.43 bits per heavy atom. The number of esters is 1. The highest BCUT2D eigenvalue weighted by molar-refractivity contribution is 6.33. The van der Waals surface area contributed by atoms with E-state index in [1.54, 1.807) is 0 Å². The normalized spacial score (nSPS) is 24.1. The van der Waals surface area contributed by atoms with Gasteiger partial charge in [-0.25, -0.2) is 4.39 Å². The lowest BCUT2D eigenvalue weighted by molar-refractivity contribution is -0.148. The highest BCUT2D eigenvalue weighted by Crippen LogP contribution is 2.32. The molecule has 1 aliphatic carbocycles. The van der Waals surface area contributed by atoms with E-state index in [-0.39, 0.29) is 29.0 Å². The summed E-state index contributed by atoms with van der Waals surface area (Å²) in [6, 6.07) is 3.99. The van der Waals surface area contributed by atoms with Gasteiger partial charge in [0.1, 0.15) is 5.82 Å². The van der Waals surface area contributed by atoms with E-state index in [2.05, 4.69) is 5.32 Å². The first kappa shape index (κ1) is 17.7. The van der Waals surface area contributed by atoms with Gasteiger partial charge in [0, 0.05) is 6.54 Å². The molecule has 0 bridgehead atoms. The van der Waals surface area contributed by atoms with E-state index in [1.807, 2.05) is 0 Å². The molecular formula is C16H19ClFNO4. The molecule has 1 fully saturated rings. The van der Waals surface area contributed by atoms with Crippen molar-refractivity contribution in [2.45, 2.75) is 31.3 Å². The monoisotopic (exact) mass is 343 g/mol. The van der Waals surface area contributed by atoms with E-state index in [0.717, 1.165) is 6.07 Å². The molecule has 0 aromatic heterocycles. The number of benzene rings is 1. The van der Waals surface area contributed by atoms with Crippen LogP contribution < -0.4 is 5.32 Å². The van der Waals surface area contributed by atoms with Crippen LogP contribution in [0.3, 0.4) is 0 Å². The van der Waals surface area contributed by atoms with Crippen LogP contribution in [0.2, 0.25) is 5.02 Å². The van der Waals surface area contributed by atoms with Gasteiger partial charge in [0.25, 0.3) is 5.91 Å². The fourth-order valence-corrected chi connectivity index (χ4v) is 3.03. The van der Waals surface area contributed by atoms with Gasteiger partial charge in [-0.15, -0.1) is 0 Å². The molecule has 0 radical (unpaired) electrons. The minimum atomic E-state index is -1.11. The van der Waals surface area contributed by atoms with Gasteiger partial charge in [-0.2, -0.15) is 0 Å². The van der Waals surface area contributed by atoms with Crippen molar-refractivity contribution in [3.63, 3.8) is 0 Å². The second-order valence-corrected chi connectivity index (χ2v) is 6.21. The molecule has 126 valence electrons. The molecule has 0 spiro atoms. The van der Waals surface area contributed by atoms with E-state index in [1.165, 1.54) is 19.2 Å². The number of ether oxygens (including phenoxy) is 1. The molecule has 0 saturated heterocycles. The standard InChI is InChI=1S/C16H19ClFNO4/c1-23-15(21)10-5-7-16(22,8-6-10)9-19-14(20)13-11(17)3-2-4-12(13)18/h2-4,10,22H,5-9H2,1H3,(H,19,20). The first-order chi connectivity index (χ1) is 10.9. The van der Waals surface area contributed by atoms with E-state index >= 15 is 0 Å². The maximum atomic E-state index is 13.7. The van der Waals surface area contributed by atoms with Crippen LogP contribution in [-0.2, 0) is 9.53 Å². The summed E-state index contributed by atoms with van der Waals surface area (Å²) in [7, 11) is 1.33. The van der Waals surface area contributed by atoms with Crippen molar-refractivity contribution in [2.75, 3.05) is 13.7 Å². The maximum absolute atomic E-state index is 13.7. The van der Waals surface area contributed by atoms with Crippen molar-refractivity contribution in [3.05, 3.63) is 34.6 Å². The number of amides is 1. The molecule has 5 nitrogen and oxygen atoms in total. The number of carbonyl (C=O) groups is 2. The topological polar surface area (TPSA) is 75.6 Å². The summed E-state index contributed by atoms with van der Waals surface area (Å²) in [5.41, 5.74) is -1.35. The SMILES string of the molecule is COC(=O)C1CCC(O)(CNC(=O)c2c(F)cccc2Cl)CC1. The fourth-order valence-electron chi connectivity index (χ4n) is 2.78. The number of hydrogen-bond acceptors (Lipinski definition) is 4. The molecule has 1 amide bonds. The number of carbonyl (C=O) groups excluding carboxylic acids is 2. The third kappa shape index (κ3) is 4.20. The summed E-state index contributed by atoms with van der Waals surface area (Å²) in [6.45, 7) is -0.0234. The summed E-state index contributed by atoms with van der Waals surface area (Å²) in [5, 5.41) is 13.0. The van der Waals surface area contributed by atoms with Gasteiger partial charge in [0.2, 0.25) is 0 Å². The van der Waals surface area contributed by atoms with Crippen LogP contribution in [0.1, 0.15) is 36.0 Å². The van der Waals surface area contributed by atoms with Crippen LogP contribution in [-0.4, -0.2) is 36.2 Å². The Morgan fingerprint density at radius 3 is 2.65 bits per heavy atom. The molecule has 1 aliphatic rings. The first-order valence-electron chi connectivity index (χ1n) is 7.39. The van der Waals surface area contributed by atoms with Gasteiger partial charge in [0.05, 0.1) is 29.2 Å². The van der Waals surface area contributed by atoms with Crippen molar-refractivity contribution in [1.82, 2.24) is 5.32 Å². The third-order valence-corrected chi connectivity index (χ3v) is 4.53. The molecule has 2 rings (SSSR count). The Kier molecular flexibility index (Phi) is 5.59. The number of hydrogen-bond donors (Lipinski definition) is 2. The predicted molar refractivity (Wildman–Crippen MR) is 82.7 cm³/mol. The summed E-state index contributed by atoms with van der Waals surface area (Å²) in [5.74, 6) is -1.89. The molecule has 2 N–H and O–H groups in total. The molecule has 0 heterocycles. The Balaban J connectivity index is 1.93. The second kappa shape index (κ2) is 7.27. The highest BCUT2D eigenvalue weighted by atomic mass is 35.5. The van der Waals surface area contributed by atoms with Gasteiger partial charge >= 0.3 is 5.97 Å². The number of methoxy groups -OCH3 is 1. The van der Waals surface area contributed by atoms with Crippen LogP contribution in [0, 0.1) is 11.7 Å². The fraction of sp³-hybridized carbons (Fsp3) is 0.500. The van der Waals surface area contributed by atoms with Crippen LogP contribution in [0.15, 0.2) is 18.2 Å². The summed E-state index contributed by atoms with van der Waals surface area (Å²) < 4.78 is 18.4. The third-order valence-electron chi connectivity index (χ3n) is 4.22. The Bertz CT molecular complexity index is 579. The molecule has 0 aliphatic heterocycles. The number of nitrogens with one attached hydrogen (secondary N) is 1. The second-order valence-electron chi connectivity index (χ2n) is 5.80. The molecule has 1 saturated carbocycles. The minimum Gasteiger partial charge on any atom is -0.469 e. The average molecular weight is 344 g/mol. The van der Waals surface area contributed by atoms with Gasteiger partial charge in [-0.1, -0.05) is 17.7 Å². The van der Waals surface area contributed by atoms with Crippen LogP contribution in [0.25, 0.3) is 0 Å². The first-order valence-corrected chi connectivity index (χ1v) is 7.76. The number of halogens is 2. The Hall–Kier alpha value is -1.66. The van der Waals surface area contributed by atoms with Crippen LogP contribution in [0.5, 0.6) is 0 Å². The van der Waals surface area contributed by atoms with Crippen molar-refractivity contribution >= 4 is 23.5 Å². The summed E-state index contributed by atoms with van der Waals surface area (Å²) >= 11 is 5.84. The van der Waals surface area contributed by atoms with Crippen LogP contribution in [0.4, 0.5) is 4.39 Å². The zero-order valence-corrected chi connectivity index (χ0v) is 13.5. The zero-order chi connectivity index (χ0) is 17.0. The molecule has 1 aromatic carbocycles. The van der Waals surface area contributed by atoms with Crippen molar-refractivity contribution in [2.24, 2.45) is 5.92 Å². The van der Waals surface area contributed by atoms with Crippen molar-refractivity contribution in [3.8, 4) is 0 Å². The minimum absolute atomic E-state index is 0.0175. The van der Waals surface area contributed by atoms with E-state index in [9.17, 15) is 19.1 Å². The smallest absolute Gasteiger partial charge is 0.308 e. The molecule has 0 atom stereocenters. The molecule has 7 heteroatoms. The summed E-state index contributed by atoms with van der Waals surface area (Å²) in [4.78, 5) is 23.5. The summed E-state index contributed by atoms with van der Waals surface area (Å²) in [6.07, 6.45) is 1.69. The average Bonchev–Trinajstić information content (AvgIpc) is 2.53. The lowest BCUT2D eigenvalue weighted by Crippen LogP contribution is -2.46. The van der Waals surface area contributed by atoms with Crippen molar-refractivity contribution < 1.29 is 23.8 Å². The largest absolute Gasteiger partial charge is 0.469 e. The van der Waals surface area contributed by atoms with Crippen molar-refractivity contribution in [1.29, 1.82) is 0 Å². The lowest BCUT2D eigenvalue weighted by Gasteiger charge is -2.35. The Labute approximate surface area is 138 Å². The van der Waals surface area contributed by atoms with E-state index in [4.69, 9.17) is 16.3 Å². The number of rotatable bonds is 4. The highest BCUT2D eigenvalue weighted by Gasteiger charge is 2.36. The zero-order valence-electron chi connectivity index (χ0n) is 12.8. The van der Waals surface area contributed by atoms with E-state index < -0.39 is 17.3 Å². The Morgan fingerprint density at radius 2 is 2.09 bits per heavy atom. The lowest BCUT2D eigenvalue weighted by atomic mass is 9.78. The maximum Gasteiger partial charge on any atom is 0.308 e.